The van der Waals surface area contributed by atoms with Gasteiger partial charge < -0.3 is 5.73 Å². The molecular formula is C13H11F3N2O2S. The second kappa shape index (κ2) is 5.74. The topological polar surface area (TPSA) is 72.2 Å². The van der Waals surface area contributed by atoms with Crippen molar-refractivity contribution in [2.45, 2.75) is 11.4 Å². The Kier molecular flexibility index (Phi) is 4.19. The smallest absolute Gasteiger partial charge is 0.241 e. The van der Waals surface area contributed by atoms with E-state index in [-0.39, 0.29) is 11.3 Å². The predicted octanol–water partition coefficient (Wildman–Crippen LogP) is 2.16. The van der Waals surface area contributed by atoms with Crippen LogP contribution in [0.4, 0.5) is 18.9 Å². The Morgan fingerprint density at radius 3 is 2.38 bits per heavy atom. The highest BCUT2D eigenvalue weighted by molar-refractivity contribution is 7.89. The van der Waals surface area contributed by atoms with Crippen LogP contribution in [0.15, 0.2) is 41.3 Å². The van der Waals surface area contributed by atoms with Crippen molar-refractivity contribution in [3.05, 3.63) is 59.4 Å². The van der Waals surface area contributed by atoms with Crippen molar-refractivity contribution in [3.63, 3.8) is 0 Å². The summed E-state index contributed by atoms with van der Waals surface area (Å²) in [5, 5.41) is 0. The molecule has 0 saturated carbocycles. The van der Waals surface area contributed by atoms with Gasteiger partial charge in [-0.3, -0.25) is 0 Å². The summed E-state index contributed by atoms with van der Waals surface area (Å²) in [5.41, 5.74) is 5.14. The van der Waals surface area contributed by atoms with Crippen molar-refractivity contribution < 1.29 is 21.6 Å². The molecule has 0 spiro atoms. The Bertz CT molecular complexity index is 759. The maximum absolute atomic E-state index is 13.4. The number of nitrogens with one attached hydrogen (secondary N) is 1. The lowest BCUT2D eigenvalue weighted by Crippen LogP contribution is -2.24. The summed E-state index contributed by atoms with van der Waals surface area (Å²) in [6.45, 7) is -0.470. The molecule has 21 heavy (non-hydrogen) atoms. The van der Waals surface area contributed by atoms with Crippen LogP contribution in [-0.2, 0) is 16.6 Å². The highest BCUT2D eigenvalue weighted by Gasteiger charge is 2.16. The first-order valence-corrected chi connectivity index (χ1v) is 7.26. The molecule has 2 rings (SSSR count). The minimum Gasteiger partial charge on any atom is -0.399 e. The maximum atomic E-state index is 13.4. The first-order valence-electron chi connectivity index (χ1n) is 5.77. The van der Waals surface area contributed by atoms with Crippen LogP contribution in [-0.4, -0.2) is 8.42 Å². The zero-order valence-electron chi connectivity index (χ0n) is 10.6. The monoisotopic (exact) mass is 316 g/mol. The fourth-order valence-electron chi connectivity index (χ4n) is 1.67. The van der Waals surface area contributed by atoms with Gasteiger partial charge in [0.1, 0.15) is 17.5 Å². The van der Waals surface area contributed by atoms with Crippen molar-refractivity contribution >= 4 is 15.7 Å². The minimum atomic E-state index is -4.09. The van der Waals surface area contributed by atoms with Crippen LogP contribution in [0, 0.1) is 17.5 Å². The summed E-state index contributed by atoms with van der Waals surface area (Å²) in [6, 6.07) is 5.48. The first-order chi connectivity index (χ1) is 9.78. The number of nitrogen functional groups attached to an aromatic ring is 1. The van der Waals surface area contributed by atoms with E-state index in [0.29, 0.717) is 0 Å². The number of nitrogens with two attached hydrogens (primary N) is 1. The van der Waals surface area contributed by atoms with Gasteiger partial charge in [-0.25, -0.2) is 26.3 Å². The van der Waals surface area contributed by atoms with Crippen molar-refractivity contribution in [2.24, 2.45) is 0 Å². The molecule has 112 valence electrons. The SMILES string of the molecule is Nc1cc(F)cc(S(=O)(=O)NCc2cc(F)ccc2F)c1. The van der Waals surface area contributed by atoms with E-state index in [2.05, 4.69) is 4.72 Å². The molecule has 3 N–H and O–H groups in total. The molecule has 0 aliphatic rings. The van der Waals surface area contributed by atoms with Gasteiger partial charge in [-0.15, -0.1) is 0 Å². The second-order valence-electron chi connectivity index (χ2n) is 4.28. The quantitative estimate of drug-likeness (QED) is 0.849. The van der Waals surface area contributed by atoms with Gasteiger partial charge in [-0.05, 0) is 36.4 Å². The molecule has 0 atom stereocenters. The van der Waals surface area contributed by atoms with Gasteiger partial charge in [0.25, 0.3) is 0 Å². The molecule has 0 aliphatic heterocycles. The summed E-state index contributed by atoms with van der Waals surface area (Å²) in [4.78, 5) is -0.392. The molecule has 0 radical (unpaired) electrons. The second-order valence-corrected chi connectivity index (χ2v) is 6.05. The Labute approximate surface area is 119 Å². The molecule has 4 nitrogen and oxygen atoms in total. The Balaban J connectivity index is 2.23. The van der Waals surface area contributed by atoms with Gasteiger partial charge in [-0.2, -0.15) is 0 Å². The molecule has 2 aromatic carbocycles. The lowest BCUT2D eigenvalue weighted by atomic mass is 10.2. The summed E-state index contributed by atoms with van der Waals surface area (Å²) in [7, 11) is -4.09. The first kappa shape index (κ1) is 15.3. The molecular weight excluding hydrogens is 305 g/mol. The average Bonchev–Trinajstić information content (AvgIpc) is 2.39. The molecule has 0 saturated heterocycles. The van der Waals surface area contributed by atoms with Gasteiger partial charge in [0.15, 0.2) is 0 Å². The lowest BCUT2D eigenvalue weighted by molar-refractivity contribution is 0.565. The zero-order chi connectivity index (χ0) is 15.6. The fourth-order valence-corrected chi connectivity index (χ4v) is 2.75. The van der Waals surface area contributed by atoms with E-state index in [1.165, 1.54) is 0 Å². The van der Waals surface area contributed by atoms with Crippen LogP contribution < -0.4 is 10.5 Å². The molecule has 8 heteroatoms. The molecule has 0 bridgehead atoms. The van der Waals surface area contributed by atoms with E-state index >= 15 is 0 Å². The summed E-state index contributed by atoms with van der Waals surface area (Å²) in [5.74, 6) is -2.26. The van der Waals surface area contributed by atoms with Crippen LogP contribution in [0.5, 0.6) is 0 Å². The van der Waals surface area contributed by atoms with Crippen molar-refractivity contribution in [2.75, 3.05) is 5.73 Å². The number of sulfonamides is 1. The molecule has 0 amide bonds. The third-order valence-corrected chi connectivity index (χ3v) is 4.05. The van der Waals surface area contributed by atoms with Gasteiger partial charge >= 0.3 is 0 Å². The van der Waals surface area contributed by atoms with E-state index in [9.17, 15) is 21.6 Å². The lowest BCUT2D eigenvalue weighted by Gasteiger charge is -2.08. The molecule has 2 aromatic rings. The number of hydrogen-bond donors (Lipinski definition) is 2. The van der Waals surface area contributed by atoms with E-state index in [1.54, 1.807) is 0 Å². The normalized spacial score (nSPS) is 11.6. The van der Waals surface area contributed by atoms with Crippen LogP contribution in [0.25, 0.3) is 0 Å². The van der Waals surface area contributed by atoms with Crippen LogP contribution in [0.2, 0.25) is 0 Å². The molecule has 0 unspecified atom stereocenters. The van der Waals surface area contributed by atoms with Crippen LogP contribution >= 0.6 is 0 Å². The number of halogens is 3. The van der Waals surface area contributed by atoms with Gasteiger partial charge in [0.2, 0.25) is 10.0 Å². The summed E-state index contributed by atoms with van der Waals surface area (Å²) < 4.78 is 65.5. The number of anilines is 1. The van der Waals surface area contributed by atoms with Gasteiger partial charge in [0.05, 0.1) is 4.90 Å². The van der Waals surface area contributed by atoms with Crippen LogP contribution in [0.1, 0.15) is 5.56 Å². The Morgan fingerprint density at radius 2 is 1.71 bits per heavy atom. The number of rotatable bonds is 4. The van der Waals surface area contributed by atoms with E-state index in [4.69, 9.17) is 5.73 Å². The van der Waals surface area contributed by atoms with E-state index in [1.807, 2.05) is 0 Å². The largest absolute Gasteiger partial charge is 0.399 e. The van der Waals surface area contributed by atoms with Crippen molar-refractivity contribution in [1.82, 2.24) is 4.72 Å². The van der Waals surface area contributed by atoms with E-state index < -0.39 is 38.9 Å². The highest BCUT2D eigenvalue weighted by atomic mass is 32.2. The van der Waals surface area contributed by atoms with Gasteiger partial charge in [-0.1, -0.05) is 0 Å². The van der Waals surface area contributed by atoms with Crippen LogP contribution in [0.3, 0.4) is 0 Å². The maximum Gasteiger partial charge on any atom is 0.241 e. The molecule has 0 aliphatic carbocycles. The predicted molar refractivity (Wildman–Crippen MR) is 71.2 cm³/mol. The summed E-state index contributed by atoms with van der Waals surface area (Å²) in [6.07, 6.45) is 0. The highest BCUT2D eigenvalue weighted by Crippen LogP contribution is 2.17. The molecule has 0 aromatic heterocycles. The zero-order valence-corrected chi connectivity index (χ0v) is 11.4. The Morgan fingerprint density at radius 1 is 1.00 bits per heavy atom. The Hall–Kier alpha value is -2.06. The number of hydrogen-bond acceptors (Lipinski definition) is 3. The third kappa shape index (κ3) is 3.73. The molecule has 0 heterocycles. The number of benzene rings is 2. The fraction of sp³-hybridized carbons (Fsp3) is 0.0769. The minimum absolute atomic E-state index is 0.0627. The summed E-state index contributed by atoms with van der Waals surface area (Å²) >= 11 is 0. The standard InChI is InChI=1S/C13H11F3N2O2S/c14-9-1-2-13(16)8(3-9)7-18-21(19,20)12-5-10(15)4-11(17)6-12/h1-6,18H,7,17H2. The van der Waals surface area contributed by atoms with Gasteiger partial charge in [0, 0.05) is 17.8 Å². The third-order valence-electron chi connectivity index (χ3n) is 2.66. The van der Waals surface area contributed by atoms with Crippen molar-refractivity contribution in [1.29, 1.82) is 0 Å². The average molecular weight is 316 g/mol. The molecule has 0 fully saturated rings. The van der Waals surface area contributed by atoms with E-state index in [0.717, 1.165) is 36.4 Å². The van der Waals surface area contributed by atoms with Crippen molar-refractivity contribution in [3.8, 4) is 0 Å².